The summed E-state index contributed by atoms with van der Waals surface area (Å²) >= 11 is 5.66. The summed E-state index contributed by atoms with van der Waals surface area (Å²) in [4.78, 5) is 0. The number of phenols is 1. The van der Waals surface area contributed by atoms with Gasteiger partial charge in [0.1, 0.15) is 5.75 Å². The monoisotopic (exact) mass is 187 g/mol. The number of phenolic OH excluding ortho intramolecular Hbond substituents is 1. The molecule has 0 aliphatic heterocycles. The first kappa shape index (κ1) is 9.32. The lowest BCUT2D eigenvalue weighted by molar-refractivity contribution is 0.160. The second-order valence-electron chi connectivity index (χ2n) is 2.53. The molecular weight excluding hydrogens is 178 g/mol. The maximum atomic E-state index is 9.43. The molecule has 1 rings (SSSR count). The average molecular weight is 188 g/mol. The molecule has 0 radical (unpaired) electrons. The summed E-state index contributed by atoms with van der Waals surface area (Å²) in [6.45, 7) is 2.03. The molecule has 0 saturated heterocycles. The molecule has 3 nitrogen and oxygen atoms in total. The van der Waals surface area contributed by atoms with Crippen molar-refractivity contribution in [1.29, 1.82) is 0 Å². The Morgan fingerprint density at radius 2 is 2.17 bits per heavy atom. The largest absolute Gasteiger partial charge is 0.506 e. The average Bonchev–Trinajstić information content (AvgIpc) is 2.06. The third-order valence-electron chi connectivity index (χ3n) is 1.72. The number of hydrogen-bond donors (Lipinski definition) is 3. The molecule has 0 bridgehead atoms. The Kier molecular flexibility index (Phi) is 2.92. The van der Waals surface area contributed by atoms with Crippen LogP contribution in [-0.4, -0.2) is 10.3 Å². The summed E-state index contributed by atoms with van der Waals surface area (Å²) in [7, 11) is 0. The molecule has 0 fully saturated rings. The van der Waals surface area contributed by atoms with Crippen LogP contribution in [0.15, 0.2) is 12.1 Å². The van der Waals surface area contributed by atoms with Crippen molar-refractivity contribution in [2.24, 2.45) is 0 Å². The van der Waals surface area contributed by atoms with Gasteiger partial charge in [-0.1, -0.05) is 17.7 Å². The van der Waals surface area contributed by atoms with E-state index in [1.54, 1.807) is 12.1 Å². The van der Waals surface area contributed by atoms with E-state index in [1.807, 2.05) is 12.4 Å². The highest BCUT2D eigenvalue weighted by molar-refractivity contribution is 6.32. The highest BCUT2D eigenvalue weighted by atomic mass is 35.5. The minimum absolute atomic E-state index is 0.0261. The topological polar surface area (TPSA) is 52.5 Å². The van der Waals surface area contributed by atoms with Crippen LogP contribution in [0.3, 0.4) is 0 Å². The van der Waals surface area contributed by atoms with E-state index in [4.69, 9.17) is 16.8 Å². The highest BCUT2D eigenvalue weighted by Gasteiger charge is 2.07. The van der Waals surface area contributed by atoms with Crippen molar-refractivity contribution in [3.8, 4) is 5.75 Å². The predicted octanol–water partition coefficient (Wildman–Crippen LogP) is 1.83. The van der Waals surface area contributed by atoms with E-state index in [-0.39, 0.29) is 12.3 Å². The Hall–Kier alpha value is -0.770. The molecule has 0 spiro atoms. The minimum Gasteiger partial charge on any atom is -0.506 e. The van der Waals surface area contributed by atoms with Gasteiger partial charge in [-0.3, -0.25) is 0 Å². The molecule has 0 atom stereocenters. The van der Waals surface area contributed by atoms with Crippen LogP contribution in [0.4, 0.5) is 0 Å². The molecule has 0 saturated carbocycles. The predicted molar refractivity (Wildman–Crippen MR) is 46.5 cm³/mol. The van der Waals surface area contributed by atoms with E-state index in [0.717, 1.165) is 5.56 Å². The standard InChI is InChI=1S/C8H10ClNO2/c1-5-2-3-7(9)8(11)6(5)4-10-12/h2-3,10-12H,4H2,1H3. The maximum absolute atomic E-state index is 9.43. The van der Waals surface area contributed by atoms with Gasteiger partial charge < -0.3 is 10.3 Å². The van der Waals surface area contributed by atoms with Crippen molar-refractivity contribution in [3.63, 3.8) is 0 Å². The van der Waals surface area contributed by atoms with Gasteiger partial charge in [-0.05, 0) is 18.6 Å². The number of aromatic hydroxyl groups is 1. The molecule has 1 aromatic carbocycles. The second-order valence-corrected chi connectivity index (χ2v) is 2.93. The van der Waals surface area contributed by atoms with Crippen LogP contribution in [0.25, 0.3) is 0 Å². The summed E-state index contributed by atoms with van der Waals surface area (Å²) in [5.74, 6) is 0.0261. The van der Waals surface area contributed by atoms with Crippen LogP contribution in [-0.2, 0) is 6.54 Å². The van der Waals surface area contributed by atoms with E-state index < -0.39 is 0 Å². The van der Waals surface area contributed by atoms with Crippen LogP contribution >= 0.6 is 11.6 Å². The van der Waals surface area contributed by atoms with E-state index in [0.29, 0.717) is 10.6 Å². The molecule has 0 aliphatic rings. The Labute approximate surface area is 75.6 Å². The summed E-state index contributed by atoms with van der Waals surface area (Å²) in [6, 6.07) is 3.40. The summed E-state index contributed by atoms with van der Waals surface area (Å²) in [5.41, 5.74) is 3.48. The molecule has 0 amide bonds. The quantitative estimate of drug-likeness (QED) is 0.620. The Bertz CT molecular complexity index is 289. The number of hydrogen-bond acceptors (Lipinski definition) is 3. The third-order valence-corrected chi connectivity index (χ3v) is 2.03. The van der Waals surface area contributed by atoms with Crippen LogP contribution in [0.2, 0.25) is 5.02 Å². The zero-order chi connectivity index (χ0) is 9.14. The fraction of sp³-hybridized carbons (Fsp3) is 0.250. The maximum Gasteiger partial charge on any atom is 0.139 e. The molecule has 0 unspecified atom stereocenters. The number of aryl methyl sites for hydroxylation is 1. The highest BCUT2D eigenvalue weighted by Crippen LogP contribution is 2.29. The van der Waals surface area contributed by atoms with Crippen LogP contribution in [0.5, 0.6) is 5.75 Å². The van der Waals surface area contributed by atoms with Gasteiger partial charge in [-0.15, -0.1) is 0 Å². The molecule has 66 valence electrons. The van der Waals surface area contributed by atoms with Crippen LogP contribution in [0.1, 0.15) is 11.1 Å². The Morgan fingerprint density at radius 1 is 1.50 bits per heavy atom. The summed E-state index contributed by atoms with van der Waals surface area (Å²) in [6.07, 6.45) is 0. The molecule has 0 heterocycles. The van der Waals surface area contributed by atoms with Crippen LogP contribution in [0, 0.1) is 6.92 Å². The Balaban J connectivity index is 3.14. The summed E-state index contributed by atoms with van der Waals surface area (Å²) in [5, 5.41) is 18.2. The lowest BCUT2D eigenvalue weighted by Crippen LogP contribution is -2.07. The first-order valence-corrected chi connectivity index (χ1v) is 3.88. The molecule has 12 heavy (non-hydrogen) atoms. The van der Waals surface area contributed by atoms with Gasteiger partial charge in [-0.25, -0.2) is 5.48 Å². The van der Waals surface area contributed by atoms with E-state index in [2.05, 4.69) is 0 Å². The second kappa shape index (κ2) is 3.76. The van der Waals surface area contributed by atoms with Crippen molar-refractivity contribution in [2.45, 2.75) is 13.5 Å². The van der Waals surface area contributed by atoms with Gasteiger partial charge in [0.15, 0.2) is 0 Å². The molecular formula is C8H10ClNO2. The van der Waals surface area contributed by atoms with Gasteiger partial charge in [0.05, 0.1) is 5.02 Å². The van der Waals surface area contributed by atoms with E-state index in [9.17, 15) is 5.11 Å². The van der Waals surface area contributed by atoms with Crippen molar-refractivity contribution < 1.29 is 10.3 Å². The van der Waals surface area contributed by atoms with Crippen molar-refractivity contribution in [1.82, 2.24) is 5.48 Å². The SMILES string of the molecule is Cc1ccc(Cl)c(O)c1CNO. The van der Waals surface area contributed by atoms with Gasteiger partial charge in [0, 0.05) is 12.1 Å². The van der Waals surface area contributed by atoms with Crippen molar-refractivity contribution >= 4 is 11.6 Å². The zero-order valence-corrected chi connectivity index (χ0v) is 7.39. The number of rotatable bonds is 2. The van der Waals surface area contributed by atoms with E-state index in [1.165, 1.54) is 0 Å². The third kappa shape index (κ3) is 1.69. The number of halogens is 1. The van der Waals surface area contributed by atoms with Crippen LogP contribution < -0.4 is 5.48 Å². The molecule has 0 aliphatic carbocycles. The van der Waals surface area contributed by atoms with Crippen molar-refractivity contribution in [2.75, 3.05) is 0 Å². The van der Waals surface area contributed by atoms with Gasteiger partial charge >= 0.3 is 0 Å². The number of nitrogens with one attached hydrogen (secondary N) is 1. The smallest absolute Gasteiger partial charge is 0.139 e. The molecule has 3 N–H and O–H groups in total. The fourth-order valence-electron chi connectivity index (χ4n) is 1.01. The first-order chi connectivity index (χ1) is 5.66. The molecule has 4 heteroatoms. The molecule has 0 aromatic heterocycles. The summed E-state index contributed by atoms with van der Waals surface area (Å²) < 4.78 is 0. The zero-order valence-electron chi connectivity index (χ0n) is 6.63. The Morgan fingerprint density at radius 3 is 2.75 bits per heavy atom. The van der Waals surface area contributed by atoms with E-state index >= 15 is 0 Å². The number of hydroxylamine groups is 1. The van der Waals surface area contributed by atoms with Gasteiger partial charge in [0.2, 0.25) is 0 Å². The first-order valence-electron chi connectivity index (χ1n) is 3.50. The lowest BCUT2D eigenvalue weighted by atomic mass is 10.1. The van der Waals surface area contributed by atoms with Crippen molar-refractivity contribution in [3.05, 3.63) is 28.3 Å². The van der Waals surface area contributed by atoms with Gasteiger partial charge in [0.25, 0.3) is 0 Å². The molecule has 1 aromatic rings. The number of benzene rings is 1. The minimum atomic E-state index is 0.0261. The van der Waals surface area contributed by atoms with Gasteiger partial charge in [-0.2, -0.15) is 0 Å². The lowest BCUT2D eigenvalue weighted by Gasteiger charge is -2.07. The fourth-order valence-corrected chi connectivity index (χ4v) is 1.19. The normalized spacial score (nSPS) is 10.2.